The fraction of sp³-hybridized carbons (Fsp3) is 0.222. The number of imidazole rings is 1. The van der Waals surface area contributed by atoms with Gasteiger partial charge in [-0.05, 0) is 31.2 Å². The minimum Gasteiger partial charge on any atom is -0.451 e. The van der Waals surface area contributed by atoms with Crippen LogP contribution in [0.3, 0.4) is 0 Å². The SMILES string of the molecule is Cc1nccn1CCN(C)C(=O)c1ccc(-c2ccccc2Cl)o1. The van der Waals surface area contributed by atoms with Gasteiger partial charge in [-0.3, -0.25) is 4.79 Å². The summed E-state index contributed by atoms with van der Waals surface area (Å²) in [7, 11) is 1.76. The zero-order valence-electron chi connectivity index (χ0n) is 13.6. The highest BCUT2D eigenvalue weighted by molar-refractivity contribution is 6.33. The Hall–Kier alpha value is -2.53. The van der Waals surface area contributed by atoms with Gasteiger partial charge in [-0.15, -0.1) is 0 Å². The Kier molecular flexibility index (Phi) is 4.71. The normalized spacial score (nSPS) is 10.8. The first-order valence-corrected chi connectivity index (χ1v) is 8.02. The third-order valence-electron chi connectivity index (χ3n) is 3.90. The minimum atomic E-state index is -0.161. The van der Waals surface area contributed by atoms with Crippen LogP contribution in [0.5, 0.6) is 0 Å². The molecule has 2 aromatic heterocycles. The highest BCUT2D eigenvalue weighted by Gasteiger charge is 2.17. The van der Waals surface area contributed by atoms with Crippen LogP contribution >= 0.6 is 11.6 Å². The largest absolute Gasteiger partial charge is 0.451 e. The molecule has 124 valence electrons. The van der Waals surface area contributed by atoms with Gasteiger partial charge in [-0.25, -0.2) is 4.98 Å². The number of hydrogen-bond donors (Lipinski definition) is 0. The maximum absolute atomic E-state index is 12.5. The molecule has 3 aromatic rings. The molecule has 1 amide bonds. The Morgan fingerprint density at radius 1 is 1.29 bits per heavy atom. The molecule has 0 radical (unpaired) electrons. The summed E-state index contributed by atoms with van der Waals surface area (Å²) in [6.45, 7) is 3.19. The molecule has 0 saturated heterocycles. The Bertz CT molecular complexity index is 853. The molecular formula is C18H18ClN3O2. The number of halogens is 1. The fourth-order valence-corrected chi connectivity index (χ4v) is 2.67. The molecule has 0 atom stereocenters. The number of carbonyl (C=O) groups excluding carboxylic acids is 1. The monoisotopic (exact) mass is 343 g/mol. The minimum absolute atomic E-state index is 0.161. The highest BCUT2D eigenvalue weighted by Crippen LogP contribution is 2.29. The van der Waals surface area contributed by atoms with Gasteiger partial charge in [0.2, 0.25) is 0 Å². The zero-order valence-corrected chi connectivity index (χ0v) is 14.3. The van der Waals surface area contributed by atoms with E-state index in [0.29, 0.717) is 29.6 Å². The fourth-order valence-electron chi connectivity index (χ4n) is 2.45. The lowest BCUT2D eigenvalue weighted by atomic mass is 10.2. The number of nitrogens with zero attached hydrogens (tertiary/aromatic N) is 3. The molecule has 2 heterocycles. The average molecular weight is 344 g/mol. The molecule has 6 heteroatoms. The van der Waals surface area contributed by atoms with Crippen LogP contribution in [0.4, 0.5) is 0 Å². The third kappa shape index (κ3) is 3.36. The molecule has 0 aliphatic carbocycles. The second kappa shape index (κ2) is 6.93. The van der Waals surface area contributed by atoms with E-state index < -0.39 is 0 Å². The molecule has 0 aliphatic heterocycles. The first-order valence-electron chi connectivity index (χ1n) is 7.64. The summed E-state index contributed by atoms with van der Waals surface area (Å²) in [5.41, 5.74) is 0.773. The van der Waals surface area contributed by atoms with E-state index in [1.807, 2.05) is 35.9 Å². The van der Waals surface area contributed by atoms with E-state index in [1.165, 1.54) is 0 Å². The quantitative estimate of drug-likeness (QED) is 0.706. The van der Waals surface area contributed by atoms with Crippen molar-refractivity contribution in [3.63, 3.8) is 0 Å². The van der Waals surface area contributed by atoms with Crippen LogP contribution in [-0.2, 0) is 6.54 Å². The Balaban J connectivity index is 1.69. The van der Waals surface area contributed by atoms with Crippen LogP contribution in [0, 0.1) is 6.92 Å². The number of aromatic nitrogens is 2. The van der Waals surface area contributed by atoms with Crippen LogP contribution in [0.1, 0.15) is 16.4 Å². The van der Waals surface area contributed by atoms with Gasteiger partial charge in [-0.1, -0.05) is 23.7 Å². The molecule has 0 N–H and O–H groups in total. The Labute approximate surface area is 145 Å². The van der Waals surface area contributed by atoms with Gasteiger partial charge in [0.15, 0.2) is 5.76 Å². The smallest absolute Gasteiger partial charge is 0.289 e. The van der Waals surface area contributed by atoms with Crippen LogP contribution in [0.2, 0.25) is 5.02 Å². The summed E-state index contributed by atoms with van der Waals surface area (Å²) in [5, 5.41) is 0.592. The molecule has 0 unspecified atom stereocenters. The molecule has 5 nitrogen and oxygen atoms in total. The van der Waals surface area contributed by atoms with Crippen molar-refractivity contribution in [3.8, 4) is 11.3 Å². The summed E-state index contributed by atoms with van der Waals surface area (Å²) in [4.78, 5) is 18.3. The predicted octanol–water partition coefficient (Wildman–Crippen LogP) is 3.88. The number of aryl methyl sites for hydroxylation is 1. The topological polar surface area (TPSA) is 51.3 Å². The second-order valence-corrected chi connectivity index (χ2v) is 5.95. The average Bonchev–Trinajstić information content (AvgIpc) is 3.21. The van der Waals surface area contributed by atoms with Crippen molar-refractivity contribution < 1.29 is 9.21 Å². The van der Waals surface area contributed by atoms with Crippen LogP contribution in [0.25, 0.3) is 11.3 Å². The Morgan fingerprint density at radius 2 is 2.08 bits per heavy atom. The standard InChI is InChI=1S/C18H18ClN3O2/c1-13-20-9-10-22(13)12-11-21(2)18(23)17-8-7-16(24-17)14-5-3-4-6-15(14)19/h3-10H,11-12H2,1-2H3. The van der Waals surface area contributed by atoms with E-state index in [-0.39, 0.29) is 5.91 Å². The van der Waals surface area contributed by atoms with Crippen LogP contribution < -0.4 is 0 Å². The predicted molar refractivity (Wildman–Crippen MR) is 93.1 cm³/mol. The van der Waals surface area contributed by atoms with E-state index >= 15 is 0 Å². The first kappa shape index (κ1) is 16.3. The molecule has 0 bridgehead atoms. The van der Waals surface area contributed by atoms with E-state index in [1.54, 1.807) is 36.3 Å². The summed E-state index contributed by atoms with van der Waals surface area (Å²) in [6.07, 6.45) is 3.65. The number of furan rings is 1. The van der Waals surface area contributed by atoms with Gasteiger partial charge in [0.1, 0.15) is 11.6 Å². The molecule has 24 heavy (non-hydrogen) atoms. The van der Waals surface area contributed by atoms with Crippen molar-refractivity contribution in [1.29, 1.82) is 0 Å². The van der Waals surface area contributed by atoms with E-state index in [9.17, 15) is 4.79 Å². The molecular weight excluding hydrogens is 326 g/mol. The molecule has 0 spiro atoms. The summed E-state index contributed by atoms with van der Waals surface area (Å²) in [5.74, 6) is 1.65. The van der Waals surface area contributed by atoms with Gasteiger partial charge in [-0.2, -0.15) is 0 Å². The summed E-state index contributed by atoms with van der Waals surface area (Å²) < 4.78 is 7.70. The maximum atomic E-state index is 12.5. The molecule has 0 fully saturated rings. The molecule has 1 aromatic carbocycles. The lowest BCUT2D eigenvalue weighted by Gasteiger charge is -2.16. The summed E-state index contributed by atoms with van der Waals surface area (Å²) >= 11 is 6.17. The number of carbonyl (C=O) groups is 1. The lowest BCUT2D eigenvalue weighted by molar-refractivity contribution is 0.0759. The van der Waals surface area contributed by atoms with E-state index in [4.69, 9.17) is 16.0 Å². The van der Waals surface area contributed by atoms with Crippen molar-refractivity contribution in [2.24, 2.45) is 0 Å². The van der Waals surface area contributed by atoms with E-state index in [2.05, 4.69) is 4.98 Å². The van der Waals surface area contributed by atoms with Crippen LogP contribution in [0.15, 0.2) is 53.2 Å². The Morgan fingerprint density at radius 3 is 2.79 bits per heavy atom. The van der Waals surface area contributed by atoms with Crippen molar-refractivity contribution in [1.82, 2.24) is 14.5 Å². The molecule has 0 aliphatic rings. The number of likely N-dealkylation sites (N-methyl/N-ethyl adjacent to an activating group) is 1. The van der Waals surface area contributed by atoms with Gasteiger partial charge >= 0.3 is 0 Å². The lowest BCUT2D eigenvalue weighted by Crippen LogP contribution is -2.29. The van der Waals surface area contributed by atoms with Gasteiger partial charge in [0.05, 0.1) is 5.02 Å². The number of amides is 1. The second-order valence-electron chi connectivity index (χ2n) is 5.54. The number of rotatable bonds is 5. The third-order valence-corrected chi connectivity index (χ3v) is 4.23. The highest BCUT2D eigenvalue weighted by atomic mass is 35.5. The zero-order chi connectivity index (χ0) is 17.1. The van der Waals surface area contributed by atoms with Gasteiger partial charge in [0.25, 0.3) is 5.91 Å². The van der Waals surface area contributed by atoms with Crippen molar-refractivity contribution in [2.75, 3.05) is 13.6 Å². The van der Waals surface area contributed by atoms with Gasteiger partial charge in [0, 0.05) is 38.1 Å². The molecule has 0 saturated carbocycles. The van der Waals surface area contributed by atoms with Crippen molar-refractivity contribution in [3.05, 3.63) is 65.4 Å². The van der Waals surface area contributed by atoms with Gasteiger partial charge < -0.3 is 13.9 Å². The van der Waals surface area contributed by atoms with Crippen molar-refractivity contribution >= 4 is 17.5 Å². The van der Waals surface area contributed by atoms with Crippen molar-refractivity contribution in [2.45, 2.75) is 13.5 Å². The number of hydrogen-bond acceptors (Lipinski definition) is 3. The summed E-state index contributed by atoms with van der Waals surface area (Å²) in [6, 6.07) is 10.8. The van der Waals surface area contributed by atoms with Crippen LogP contribution in [-0.4, -0.2) is 34.0 Å². The van der Waals surface area contributed by atoms with E-state index in [0.717, 1.165) is 11.4 Å². The first-order chi connectivity index (χ1) is 11.6. The number of benzene rings is 1. The maximum Gasteiger partial charge on any atom is 0.289 e. The molecule has 3 rings (SSSR count).